The van der Waals surface area contributed by atoms with E-state index in [0.717, 1.165) is 14.4 Å². The summed E-state index contributed by atoms with van der Waals surface area (Å²) in [6.07, 6.45) is 1.41. The van der Waals surface area contributed by atoms with Crippen LogP contribution in [-0.4, -0.2) is 31.3 Å². The molecule has 1 aliphatic rings. The molecule has 0 aliphatic carbocycles. The Morgan fingerprint density at radius 3 is 2.16 bits per heavy atom. The van der Waals surface area contributed by atoms with Crippen molar-refractivity contribution < 1.29 is 22.7 Å². The molecule has 7 nitrogen and oxygen atoms in total. The highest BCUT2D eigenvalue weighted by Crippen LogP contribution is 2.35. The third-order valence-electron chi connectivity index (χ3n) is 5.60. The first kappa shape index (κ1) is 20.0. The number of nitrogens with zero attached hydrogens (tertiary/aromatic N) is 2. The molecule has 2 amide bonds. The number of aryl methyl sites for hydroxylation is 1. The van der Waals surface area contributed by atoms with Gasteiger partial charge < -0.3 is 4.74 Å². The Balaban J connectivity index is 1.62. The van der Waals surface area contributed by atoms with Crippen LogP contribution >= 0.6 is 0 Å². The standard InChI is InChI=1S/C24H18N2O5S/c1-15-3-9-18(10-4-15)32(29,30)25-14-13-19-21(25)12-11-20-22(19)24(28)26(23(20)27)16-5-7-17(31-2)8-6-16/h3-14H,1-2H3. The number of anilines is 1. The van der Waals surface area contributed by atoms with Crippen LogP contribution in [0.3, 0.4) is 0 Å². The summed E-state index contributed by atoms with van der Waals surface area (Å²) in [6, 6.07) is 17.8. The molecule has 3 aromatic carbocycles. The second-order valence-corrected chi connectivity index (χ2v) is 9.31. The van der Waals surface area contributed by atoms with E-state index < -0.39 is 21.8 Å². The van der Waals surface area contributed by atoms with Crippen LogP contribution in [0, 0.1) is 6.92 Å². The largest absolute Gasteiger partial charge is 0.497 e. The molecule has 0 saturated carbocycles. The van der Waals surface area contributed by atoms with E-state index in [0.29, 0.717) is 22.3 Å². The zero-order chi connectivity index (χ0) is 22.6. The first-order valence-corrected chi connectivity index (χ1v) is 11.3. The van der Waals surface area contributed by atoms with Crippen molar-refractivity contribution in [2.45, 2.75) is 11.8 Å². The monoisotopic (exact) mass is 446 g/mol. The molecule has 0 fully saturated rings. The topological polar surface area (TPSA) is 85.7 Å². The molecule has 0 atom stereocenters. The number of fused-ring (bicyclic) bond motifs is 3. The number of benzene rings is 3. The minimum absolute atomic E-state index is 0.142. The van der Waals surface area contributed by atoms with Crippen molar-refractivity contribution in [2.75, 3.05) is 12.0 Å². The molecule has 0 radical (unpaired) electrons. The van der Waals surface area contributed by atoms with Gasteiger partial charge in [0.1, 0.15) is 5.75 Å². The second-order valence-electron chi connectivity index (χ2n) is 7.49. The molecule has 2 heterocycles. The Morgan fingerprint density at radius 2 is 1.50 bits per heavy atom. The quantitative estimate of drug-likeness (QED) is 0.443. The van der Waals surface area contributed by atoms with Gasteiger partial charge in [0.2, 0.25) is 0 Å². The minimum Gasteiger partial charge on any atom is -0.497 e. The lowest BCUT2D eigenvalue weighted by Crippen LogP contribution is -2.29. The fourth-order valence-corrected chi connectivity index (χ4v) is 5.27. The lowest BCUT2D eigenvalue weighted by atomic mass is 10.1. The number of aromatic nitrogens is 1. The maximum Gasteiger partial charge on any atom is 0.268 e. The predicted octanol–water partition coefficient (Wildman–Crippen LogP) is 4.00. The van der Waals surface area contributed by atoms with E-state index in [-0.39, 0.29) is 16.0 Å². The summed E-state index contributed by atoms with van der Waals surface area (Å²) >= 11 is 0. The number of carbonyl (C=O) groups is 2. The Hall–Kier alpha value is -3.91. The summed E-state index contributed by atoms with van der Waals surface area (Å²) in [5, 5.41) is 0.410. The SMILES string of the molecule is COc1ccc(N2C(=O)c3ccc4c(ccn4S(=O)(=O)c4ccc(C)cc4)c3C2=O)cc1. The number of amides is 2. The van der Waals surface area contributed by atoms with E-state index in [1.165, 1.54) is 19.4 Å². The predicted molar refractivity (Wildman–Crippen MR) is 120 cm³/mol. The molecule has 4 aromatic rings. The van der Waals surface area contributed by atoms with Gasteiger partial charge in [-0.2, -0.15) is 0 Å². The summed E-state index contributed by atoms with van der Waals surface area (Å²) in [5.41, 5.74) is 2.13. The first-order chi connectivity index (χ1) is 15.3. The van der Waals surface area contributed by atoms with Crippen LogP contribution in [-0.2, 0) is 10.0 Å². The van der Waals surface area contributed by atoms with E-state index in [1.807, 2.05) is 6.92 Å². The molecule has 0 bridgehead atoms. The van der Waals surface area contributed by atoms with E-state index in [2.05, 4.69) is 0 Å². The van der Waals surface area contributed by atoms with Gasteiger partial charge in [0.05, 0.1) is 34.3 Å². The van der Waals surface area contributed by atoms with E-state index in [4.69, 9.17) is 4.74 Å². The Bertz CT molecular complexity index is 1500. The molecule has 8 heteroatoms. The van der Waals surface area contributed by atoms with Gasteiger partial charge in [-0.1, -0.05) is 17.7 Å². The molecular weight excluding hydrogens is 428 g/mol. The number of imide groups is 1. The smallest absolute Gasteiger partial charge is 0.268 e. The van der Waals surface area contributed by atoms with Crippen LogP contribution in [0.25, 0.3) is 10.9 Å². The van der Waals surface area contributed by atoms with Crippen molar-refractivity contribution in [1.29, 1.82) is 0 Å². The van der Waals surface area contributed by atoms with Gasteiger partial charge in [-0.15, -0.1) is 0 Å². The maximum absolute atomic E-state index is 13.3. The van der Waals surface area contributed by atoms with Gasteiger partial charge >= 0.3 is 0 Å². The Labute approximate surface area is 184 Å². The molecule has 5 rings (SSSR count). The van der Waals surface area contributed by atoms with Gasteiger partial charge in [0.25, 0.3) is 21.8 Å². The average molecular weight is 446 g/mol. The van der Waals surface area contributed by atoms with Crippen molar-refractivity contribution in [1.82, 2.24) is 3.97 Å². The second kappa shape index (κ2) is 7.06. The molecule has 160 valence electrons. The van der Waals surface area contributed by atoms with Crippen LogP contribution in [0.4, 0.5) is 5.69 Å². The summed E-state index contributed by atoms with van der Waals surface area (Å²) in [7, 11) is -2.34. The fraction of sp³-hybridized carbons (Fsp3) is 0.0833. The van der Waals surface area contributed by atoms with Gasteiger partial charge in [-0.05, 0) is 61.5 Å². The molecule has 0 N–H and O–H groups in total. The highest BCUT2D eigenvalue weighted by Gasteiger charge is 2.39. The van der Waals surface area contributed by atoms with E-state index >= 15 is 0 Å². The van der Waals surface area contributed by atoms with Crippen molar-refractivity contribution >= 4 is 38.4 Å². The number of carbonyl (C=O) groups excluding carboxylic acids is 2. The first-order valence-electron chi connectivity index (χ1n) is 9.82. The molecule has 1 aromatic heterocycles. The highest BCUT2D eigenvalue weighted by molar-refractivity contribution is 7.90. The van der Waals surface area contributed by atoms with Crippen molar-refractivity contribution in [2.24, 2.45) is 0 Å². The van der Waals surface area contributed by atoms with Crippen LogP contribution in [0.5, 0.6) is 5.75 Å². The summed E-state index contributed by atoms with van der Waals surface area (Å²) in [5.74, 6) is -0.344. The third-order valence-corrected chi connectivity index (χ3v) is 7.30. The number of methoxy groups -OCH3 is 1. The zero-order valence-corrected chi connectivity index (χ0v) is 18.1. The molecule has 0 unspecified atom stereocenters. The van der Waals surface area contributed by atoms with Gasteiger partial charge in [-0.25, -0.2) is 17.3 Å². The Kier molecular flexibility index (Phi) is 4.42. The lowest BCUT2D eigenvalue weighted by molar-refractivity contribution is 0.0926. The number of hydrogen-bond donors (Lipinski definition) is 0. The van der Waals surface area contributed by atoms with Crippen LogP contribution in [0.1, 0.15) is 26.3 Å². The molecule has 32 heavy (non-hydrogen) atoms. The van der Waals surface area contributed by atoms with Gasteiger partial charge in [0, 0.05) is 11.6 Å². The Morgan fingerprint density at radius 1 is 0.812 bits per heavy atom. The van der Waals surface area contributed by atoms with Gasteiger partial charge in [-0.3, -0.25) is 9.59 Å². The number of ether oxygens (including phenoxy) is 1. The molecular formula is C24H18N2O5S. The summed E-state index contributed by atoms with van der Waals surface area (Å²) < 4.78 is 32.7. The van der Waals surface area contributed by atoms with Crippen molar-refractivity contribution in [3.05, 3.63) is 89.6 Å². The molecule has 0 spiro atoms. The third kappa shape index (κ3) is 2.84. The van der Waals surface area contributed by atoms with Crippen molar-refractivity contribution in [3.8, 4) is 5.75 Å². The van der Waals surface area contributed by atoms with Crippen LogP contribution in [0.15, 0.2) is 77.8 Å². The summed E-state index contributed by atoms with van der Waals surface area (Å²) in [6.45, 7) is 1.88. The highest BCUT2D eigenvalue weighted by atomic mass is 32.2. The average Bonchev–Trinajstić information content (AvgIpc) is 3.34. The zero-order valence-electron chi connectivity index (χ0n) is 17.3. The normalized spacial score (nSPS) is 13.6. The summed E-state index contributed by atoms with van der Waals surface area (Å²) in [4.78, 5) is 27.5. The number of rotatable bonds is 4. The molecule has 0 saturated heterocycles. The van der Waals surface area contributed by atoms with Crippen LogP contribution < -0.4 is 9.64 Å². The van der Waals surface area contributed by atoms with Gasteiger partial charge in [0.15, 0.2) is 0 Å². The van der Waals surface area contributed by atoms with E-state index in [9.17, 15) is 18.0 Å². The molecule has 1 aliphatic heterocycles. The minimum atomic E-state index is -3.87. The fourth-order valence-electron chi connectivity index (χ4n) is 3.92. The lowest BCUT2D eigenvalue weighted by Gasteiger charge is -2.14. The van der Waals surface area contributed by atoms with E-state index in [1.54, 1.807) is 60.7 Å². The maximum atomic E-state index is 13.3. The van der Waals surface area contributed by atoms with Crippen LogP contribution in [0.2, 0.25) is 0 Å². The number of hydrogen-bond acceptors (Lipinski definition) is 5. The van der Waals surface area contributed by atoms with Crippen molar-refractivity contribution in [3.63, 3.8) is 0 Å².